The largest absolute Gasteiger partial charge is 0.481 e. The molecule has 0 aliphatic heterocycles. The quantitative estimate of drug-likeness (QED) is 0.920. The van der Waals surface area contributed by atoms with Gasteiger partial charge in [0.05, 0.1) is 12.2 Å². The van der Waals surface area contributed by atoms with E-state index in [4.69, 9.17) is 4.74 Å². The molecule has 1 aromatic heterocycles. The maximum atomic E-state index is 12.1. The van der Waals surface area contributed by atoms with Gasteiger partial charge in [0.25, 0.3) is 5.91 Å². The van der Waals surface area contributed by atoms with E-state index in [2.05, 4.69) is 31.1 Å². The molecule has 0 saturated carbocycles. The van der Waals surface area contributed by atoms with Gasteiger partial charge in [-0.15, -0.1) is 0 Å². The van der Waals surface area contributed by atoms with E-state index in [9.17, 15) is 4.79 Å². The molecule has 4 nitrogen and oxygen atoms in total. The topological polar surface area (TPSA) is 51.2 Å². The number of hydrogen-bond acceptors (Lipinski definition) is 3. The van der Waals surface area contributed by atoms with Gasteiger partial charge >= 0.3 is 0 Å². The second-order valence-corrected chi connectivity index (χ2v) is 6.57. The normalized spacial score (nSPS) is 12.5. The lowest BCUT2D eigenvalue weighted by atomic mass is 9.87. The maximum absolute atomic E-state index is 12.1. The molecule has 0 fully saturated rings. The summed E-state index contributed by atoms with van der Waals surface area (Å²) in [5, 5.41) is 2.83. The Bertz CT molecular complexity index is 631. The maximum Gasteiger partial charge on any atom is 0.261 e. The third kappa shape index (κ3) is 5.09. The molecule has 1 aromatic carbocycles. The SMILES string of the molecule is C[C@H](Oc1ccc(C(C)(C)C)cc1)C(=O)NCc1ccccn1. The van der Waals surface area contributed by atoms with Crippen molar-refractivity contribution in [1.82, 2.24) is 10.3 Å². The van der Waals surface area contributed by atoms with E-state index < -0.39 is 6.10 Å². The molecular formula is C19H24N2O2. The van der Waals surface area contributed by atoms with Crippen LogP contribution in [0.25, 0.3) is 0 Å². The van der Waals surface area contributed by atoms with Crippen molar-refractivity contribution < 1.29 is 9.53 Å². The fraction of sp³-hybridized carbons (Fsp3) is 0.368. The Morgan fingerprint density at radius 1 is 1.17 bits per heavy atom. The van der Waals surface area contributed by atoms with Gasteiger partial charge in [0.2, 0.25) is 0 Å². The highest BCUT2D eigenvalue weighted by Gasteiger charge is 2.16. The van der Waals surface area contributed by atoms with Crippen LogP contribution >= 0.6 is 0 Å². The molecule has 2 rings (SSSR count). The van der Waals surface area contributed by atoms with Crippen LogP contribution in [0.2, 0.25) is 0 Å². The summed E-state index contributed by atoms with van der Waals surface area (Å²) in [6.07, 6.45) is 1.15. The molecule has 0 saturated heterocycles. The van der Waals surface area contributed by atoms with Crippen LogP contribution in [0.4, 0.5) is 0 Å². The molecule has 0 radical (unpaired) electrons. The fourth-order valence-corrected chi connectivity index (χ4v) is 2.12. The highest BCUT2D eigenvalue weighted by atomic mass is 16.5. The molecule has 1 heterocycles. The number of pyridine rings is 1. The zero-order valence-corrected chi connectivity index (χ0v) is 14.2. The first-order valence-electron chi connectivity index (χ1n) is 7.81. The van der Waals surface area contributed by atoms with Gasteiger partial charge in [0.1, 0.15) is 5.75 Å². The Hall–Kier alpha value is -2.36. The van der Waals surface area contributed by atoms with Gasteiger partial charge in [0.15, 0.2) is 6.10 Å². The molecule has 1 amide bonds. The summed E-state index contributed by atoms with van der Waals surface area (Å²) >= 11 is 0. The van der Waals surface area contributed by atoms with Gasteiger partial charge in [0, 0.05) is 6.20 Å². The smallest absolute Gasteiger partial charge is 0.261 e. The molecule has 0 spiro atoms. The van der Waals surface area contributed by atoms with Crippen molar-refractivity contribution in [2.24, 2.45) is 0 Å². The summed E-state index contributed by atoms with van der Waals surface area (Å²) < 4.78 is 5.70. The zero-order valence-electron chi connectivity index (χ0n) is 14.2. The van der Waals surface area contributed by atoms with Crippen molar-refractivity contribution in [1.29, 1.82) is 0 Å². The van der Waals surface area contributed by atoms with Gasteiger partial charge in [-0.1, -0.05) is 39.0 Å². The summed E-state index contributed by atoms with van der Waals surface area (Å²) in [6.45, 7) is 8.63. The molecular weight excluding hydrogens is 288 g/mol. The minimum absolute atomic E-state index is 0.101. The number of ether oxygens (including phenoxy) is 1. The molecule has 0 unspecified atom stereocenters. The predicted molar refractivity (Wildman–Crippen MR) is 91.3 cm³/mol. The summed E-state index contributed by atoms with van der Waals surface area (Å²) in [4.78, 5) is 16.3. The zero-order chi connectivity index (χ0) is 16.9. The monoisotopic (exact) mass is 312 g/mol. The second-order valence-electron chi connectivity index (χ2n) is 6.57. The average Bonchev–Trinajstić information content (AvgIpc) is 2.53. The van der Waals surface area contributed by atoms with Crippen LogP contribution in [-0.2, 0) is 16.8 Å². The lowest BCUT2D eigenvalue weighted by Crippen LogP contribution is -2.36. The first kappa shape index (κ1) is 17.0. The first-order chi connectivity index (χ1) is 10.9. The first-order valence-corrected chi connectivity index (χ1v) is 7.81. The highest BCUT2D eigenvalue weighted by Crippen LogP contribution is 2.24. The fourth-order valence-electron chi connectivity index (χ4n) is 2.12. The molecule has 0 bridgehead atoms. The van der Waals surface area contributed by atoms with E-state index >= 15 is 0 Å². The van der Waals surface area contributed by atoms with Gasteiger partial charge in [-0.05, 0) is 42.2 Å². The number of nitrogens with zero attached hydrogens (tertiary/aromatic N) is 1. The molecule has 23 heavy (non-hydrogen) atoms. The van der Waals surface area contributed by atoms with E-state index in [0.29, 0.717) is 12.3 Å². The van der Waals surface area contributed by atoms with Crippen molar-refractivity contribution >= 4 is 5.91 Å². The number of benzene rings is 1. The van der Waals surface area contributed by atoms with E-state index in [1.54, 1.807) is 13.1 Å². The van der Waals surface area contributed by atoms with Gasteiger partial charge in [-0.25, -0.2) is 0 Å². The van der Waals surface area contributed by atoms with E-state index in [0.717, 1.165) is 5.69 Å². The van der Waals surface area contributed by atoms with Crippen molar-refractivity contribution in [2.75, 3.05) is 0 Å². The molecule has 1 N–H and O–H groups in total. The van der Waals surface area contributed by atoms with Crippen molar-refractivity contribution in [2.45, 2.75) is 45.8 Å². The van der Waals surface area contributed by atoms with Gasteiger partial charge < -0.3 is 10.1 Å². The van der Waals surface area contributed by atoms with Crippen LogP contribution in [0.5, 0.6) is 5.75 Å². The number of amides is 1. The average molecular weight is 312 g/mol. The lowest BCUT2D eigenvalue weighted by molar-refractivity contribution is -0.127. The van der Waals surface area contributed by atoms with Crippen LogP contribution < -0.4 is 10.1 Å². The molecule has 2 aromatic rings. The lowest BCUT2D eigenvalue weighted by Gasteiger charge is -2.20. The summed E-state index contributed by atoms with van der Waals surface area (Å²) in [5.74, 6) is 0.536. The second kappa shape index (κ2) is 7.27. The van der Waals surface area contributed by atoms with Crippen molar-refractivity contribution in [3.63, 3.8) is 0 Å². The number of nitrogens with one attached hydrogen (secondary N) is 1. The van der Waals surface area contributed by atoms with Crippen molar-refractivity contribution in [3.05, 3.63) is 59.9 Å². The van der Waals surface area contributed by atoms with E-state index in [1.807, 2.05) is 42.5 Å². The number of aromatic nitrogens is 1. The van der Waals surface area contributed by atoms with Crippen LogP contribution in [0, 0.1) is 0 Å². The summed E-state index contributed by atoms with van der Waals surface area (Å²) in [7, 11) is 0. The molecule has 0 aliphatic rings. The minimum atomic E-state index is -0.556. The Balaban J connectivity index is 1.88. The molecule has 0 aliphatic carbocycles. The van der Waals surface area contributed by atoms with Crippen LogP contribution in [-0.4, -0.2) is 17.0 Å². The van der Waals surface area contributed by atoms with E-state index in [1.165, 1.54) is 5.56 Å². The predicted octanol–water partition coefficient (Wildman–Crippen LogP) is 3.46. The Morgan fingerprint density at radius 3 is 2.43 bits per heavy atom. The number of carbonyl (C=O) groups is 1. The van der Waals surface area contributed by atoms with E-state index in [-0.39, 0.29) is 11.3 Å². The van der Waals surface area contributed by atoms with Gasteiger partial charge in [-0.3, -0.25) is 9.78 Å². The van der Waals surface area contributed by atoms with Crippen LogP contribution in [0.3, 0.4) is 0 Å². The molecule has 122 valence electrons. The summed E-state index contributed by atoms with van der Waals surface area (Å²) in [5.41, 5.74) is 2.16. The Labute approximate surface area is 137 Å². The third-order valence-corrected chi connectivity index (χ3v) is 3.57. The van der Waals surface area contributed by atoms with Gasteiger partial charge in [-0.2, -0.15) is 0 Å². The Morgan fingerprint density at radius 2 is 1.87 bits per heavy atom. The number of rotatable bonds is 5. The highest BCUT2D eigenvalue weighted by molar-refractivity contribution is 5.80. The summed E-state index contributed by atoms with van der Waals surface area (Å²) in [6, 6.07) is 13.5. The number of carbonyl (C=O) groups excluding carboxylic acids is 1. The van der Waals surface area contributed by atoms with Crippen LogP contribution in [0.15, 0.2) is 48.7 Å². The Kier molecular flexibility index (Phi) is 5.37. The van der Waals surface area contributed by atoms with Crippen molar-refractivity contribution in [3.8, 4) is 5.75 Å². The molecule has 4 heteroatoms. The molecule has 1 atom stereocenters. The number of hydrogen-bond donors (Lipinski definition) is 1. The third-order valence-electron chi connectivity index (χ3n) is 3.57. The van der Waals surface area contributed by atoms with Crippen LogP contribution in [0.1, 0.15) is 39.0 Å². The minimum Gasteiger partial charge on any atom is -0.481 e. The standard InChI is InChI=1S/C19H24N2O2/c1-14(18(22)21-13-16-7-5-6-12-20-16)23-17-10-8-15(9-11-17)19(2,3)4/h5-12,14H,13H2,1-4H3,(H,21,22)/t14-/m0/s1.